The Morgan fingerprint density at radius 1 is 1.56 bits per heavy atom. The Labute approximate surface area is 96.4 Å². The number of nitrogens with two attached hydrogens (primary N) is 1. The van der Waals surface area contributed by atoms with Crippen LogP contribution in [-0.2, 0) is 11.3 Å². The fraction of sp³-hybridized carbons (Fsp3) is 0.583. The summed E-state index contributed by atoms with van der Waals surface area (Å²) < 4.78 is 5.61. The van der Waals surface area contributed by atoms with E-state index >= 15 is 0 Å². The molecule has 1 aliphatic rings. The molecule has 0 spiro atoms. The first-order chi connectivity index (χ1) is 7.79. The smallest absolute Gasteiger partial charge is 0.128 e. The van der Waals surface area contributed by atoms with E-state index in [1.165, 1.54) is 6.42 Å². The normalized spacial score (nSPS) is 20.0. The molecular formula is C12H19N3O. The van der Waals surface area contributed by atoms with Gasteiger partial charge in [-0.15, -0.1) is 0 Å². The lowest BCUT2D eigenvalue weighted by Crippen LogP contribution is -2.29. The summed E-state index contributed by atoms with van der Waals surface area (Å²) in [5.74, 6) is 0.971. The number of nitrogens with zero attached hydrogens (tertiary/aromatic N) is 2. The molecule has 2 heterocycles. The van der Waals surface area contributed by atoms with Gasteiger partial charge in [-0.2, -0.15) is 0 Å². The first-order valence-corrected chi connectivity index (χ1v) is 5.78. The van der Waals surface area contributed by atoms with Gasteiger partial charge in [-0.3, -0.25) is 0 Å². The minimum Gasteiger partial charge on any atom is -0.376 e. The van der Waals surface area contributed by atoms with Gasteiger partial charge in [0.05, 0.1) is 11.8 Å². The van der Waals surface area contributed by atoms with Crippen LogP contribution in [0.3, 0.4) is 0 Å². The van der Waals surface area contributed by atoms with Crippen molar-refractivity contribution in [2.75, 3.05) is 25.1 Å². The molecule has 0 radical (unpaired) electrons. The van der Waals surface area contributed by atoms with Crippen molar-refractivity contribution >= 4 is 5.82 Å². The quantitative estimate of drug-likeness (QED) is 0.829. The van der Waals surface area contributed by atoms with Crippen molar-refractivity contribution in [2.45, 2.75) is 25.5 Å². The Bertz CT molecular complexity index is 337. The number of ether oxygens (including phenoxy) is 1. The van der Waals surface area contributed by atoms with Crippen LogP contribution < -0.4 is 10.6 Å². The van der Waals surface area contributed by atoms with Crippen molar-refractivity contribution in [3.05, 3.63) is 23.9 Å². The lowest BCUT2D eigenvalue weighted by molar-refractivity contribution is 0.116. The molecule has 0 bridgehead atoms. The van der Waals surface area contributed by atoms with Gasteiger partial charge < -0.3 is 15.4 Å². The molecule has 1 atom stereocenters. The molecule has 0 aromatic carbocycles. The van der Waals surface area contributed by atoms with Crippen LogP contribution >= 0.6 is 0 Å². The number of hydrogen-bond acceptors (Lipinski definition) is 4. The van der Waals surface area contributed by atoms with E-state index in [0.717, 1.165) is 31.1 Å². The van der Waals surface area contributed by atoms with E-state index in [4.69, 9.17) is 10.5 Å². The summed E-state index contributed by atoms with van der Waals surface area (Å²) in [6.07, 6.45) is 2.68. The maximum Gasteiger partial charge on any atom is 0.128 e. The molecular weight excluding hydrogens is 202 g/mol. The van der Waals surface area contributed by atoms with E-state index in [9.17, 15) is 0 Å². The number of likely N-dealkylation sites (N-methyl/N-ethyl adjacent to an activating group) is 1. The minimum absolute atomic E-state index is 0.355. The molecule has 1 aliphatic heterocycles. The van der Waals surface area contributed by atoms with Crippen molar-refractivity contribution in [2.24, 2.45) is 5.73 Å². The zero-order valence-electron chi connectivity index (χ0n) is 9.72. The van der Waals surface area contributed by atoms with Gasteiger partial charge in [0.15, 0.2) is 0 Å². The van der Waals surface area contributed by atoms with Gasteiger partial charge in [0.1, 0.15) is 5.82 Å². The van der Waals surface area contributed by atoms with Crippen molar-refractivity contribution in [1.82, 2.24) is 4.98 Å². The van der Waals surface area contributed by atoms with Crippen LogP contribution in [0.5, 0.6) is 0 Å². The molecule has 0 amide bonds. The Kier molecular flexibility index (Phi) is 3.74. The van der Waals surface area contributed by atoms with E-state index < -0.39 is 0 Å². The lowest BCUT2D eigenvalue weighted by atomic mass is 10.2. The fourth-order valence-corrected chi connectivity index (χ4v) is 1.98. The van der Waals surface area contributed by atoms with Gasteiger partial charge in [0.2, 0.25) is 0 Å². The highest BCUT2D eigenvalue weighted by Crippen LogP contribution is 2.16. The molecule has 0 saturated carbocycles. The van der Waals surface area contributed by atoms with E-state index in [1.807, 2.05) is 25.2 Å². The molecule has 4 heteroatoms. The van der Waals surface area contributed by atoms with Crippen LogP contribution in [0.25, 0.3) is 0 Å². The topological polar surface area (TPSA) is 51.4 Å². The summed E-state index contributed by atoms with van der Waals surface area (Å²) in [5, 5.41) is 0. The number of pyridine rings is 1. The number of hydrogen-bond donors (Lipinski definition) is 1. The molecule has 4 nitrogen and oxygen atoms in total. The van der Waals surface area contributed by atoms with Gasteiger partial charge in [0, 0.05) is 26.7 Å². The minimum atomic E-state index is 0.355. The zero-order chi connectivity index (χ0) is 11.4. The second kappa shape index (κ2) is 5.27. The standard InChI is InChI=1S/C12H19N3O/c1-15(9-11-5-3-7-16-11)12-6-2-4-10(8-13)14-12/h2,4,6,11H,3,5,7-9,13H2,1H3. The third-order valence-corrected chi connectivity index (χ3v) is 2.89. The van der Waals surface area contributed by atoms with Crippen molar-refractivity contribution < 1.29 is 4.74 Å². The van der Waals surface area contributed by atoms with Crippen molar-refractivity contribution in [1.29, 1.82) is 0 Å². The van der Waals surface area contributed by atoms with Crippen LogP contribution in [-0.4, -0.2) is 31.3 Å². The first-order valence-electron chi connectivity index (χ1n) is 5.78. The largest absolute Gasteiger partial charge is 0.376 e. The lowest BCUT2D eigenvalue weighted by Gasteiger charge is -2.22. The highest BCUT2D eigenvalue weighted by Gasteiger charge is 2.17. The molecule has 1 fully saturated rings. The molecule has 1 aromatic heterocycles. The summed E-state index contributed by atoms with van der Waals surface area (Å²) in [4.78, 5) is 6.61. The molecule has 1 aromatic rings. The maximum absolute atomic E-state index is 5.61. The van der Waals surface area contributed by atoms with Gasteiger partial charge >= 0.3 is 0 Å². The predicted molar refractivity (Wildman–Crippen MR) is 64.4 cm³/mol. The Balaban J connectivity index is 1.98. The zero-order valence-corrected chi connectivity index (χ0v) is 9.72. The van der Waals surface area contributed by atoms with E-state index in [-0.39, 0.29) is 0 Å². The van der Waals surface area contributed by atoms with Crippen molar-refractivity contribution in [3.8, 4) is 0 Å². The highest BCUT2D eigenvalue weighted by atomic mass is 16.5. The molecule has 0 aliphatic carbocycles. The van der Waals surface area contributed by atoms with E-state index in [0.29, 0.717) is 12.6 Å². The van der Waals surface area contributed by atoms with Crippen LogP contribution in [0.4, 0.5) is 5.82 Å². The van der Waals surface area contributed by atoms with Crippen LogP contribution in [0.1, 0.15) is 18.5 Å². The summed E-state index contributed by atoms with van der Waals surface area (Å²) >= 11 is 0. The summed E-state index contributed by atoms with van der Waals surface area (Å²) in [5.41, 5.74) is 6.50. The van der Waals surface area contributed by atoms with E-state index in [2.05, 4.69) is 9.88 Å². The third kappa shape index (κ3) is 2.71. The molecule has 2 rings (SSSR count). The van der Waals surface area contributed by atoms with Crippen LogP contribution in [0.15, 0.2) is 18.2 Å². The average molecular weight is 221 g/mol. The highest BCUT2D eigenvalue weighted by molar-refractivity contribution is 5.38. The summed E-state index contributed by atoms with van der Waals surface area (Å²) in [7, 11) is 2.05. The second-order valence-corrected chi connectivity index (χ2v) is 4.21. The monoisotopic (exact) mass is 221 g/mol. The SMILES string of the molecule is CN(CC1CCCO1)c1cccc(CN)n1. The van der Waals surface area contributed by atoms with Crippen molar-refractivity contribution in [3.63, 3.8) is 0 Å². The molecule has 2 N–H and O–H groups in total. The van der Waals surface area contributed by atoms with Crippen LogP contribution in [0.2, 0.25) is 0 Å². The maximum atomic E-state index is 5.61. The summed E-state index contributed by atoms with van der Waals surface area (Å²) in [6, 6.07) is 5.95. The number of anilines is 1. The first kappa shape index (κ1) is 11.4. The summed E-state index contributed by atoms with van der Waals surface area (Å²) in [6.45, 7) is 2.29. The molecule has 16 heavy (non-hydrogen) atoms. The van der Waals surface area contributed by atoms with Gasteiger partial charge in [0.25, 0.3) is 0 Å². The van der Waals surface area contributed by atoms with Crippen LogP contribution in [0, 0.1) is 0 Å². The second-order valence-electron chi connectivity index (χ2n) is 4.21. The van der Waals surface area contributed by atoms with E-state index in [1.54, 1.807) is 0 Å². The van der Waals surface area contributed by atoms with Gasteiger partial charge in [-0.25, -0.2) is 4.98 Å². The molecule has 1 saturated heterocycles. The number of aromatic nitrogens is 1. The Hall–Kier alpha value is -1.13. The van der Waals surface area contributed by atoms with Gasteiger partial charge in [-0.1, -0.05) is 6.07 Å². The molecule has 1 unspecified atom stereocenters. The van der Waals surface area contributed by atoms with Gasteiger partial charge in [-0.05, 0) is 25.0 Å². The fourth-order valence-electron chi connectivity index (χ4n) is 1.98. The number of rotatable bonds is 4. The Morgan fingerprint density at radius 2 is 2.44 bits per heavy atom. The predicted octanol–water partition coefficient (Wildman–Crippen LogP) is 1.16. The average Bonchev–Trinajstić information content (AvgIpc) is 2.82. The molecule has 88 valence electrons. The Morgan fingerprint density at radius 3 is 3.12 bits per heavy atom. The third-order valence-electron chi connectivity index (χ3n) is 2.89.